The molecular weight excluding hydrogens is 193 g/mol. The van der Waals surface area contributed by atoms with Gasteiger partial charge in [-0.15, -0.1) is 0 Å². The lowest BCUT2D eigenvalue weighted by Gasteiger charge is -2.18. The van der Waals surface area contributed by atoms with Crippen molar-refractivity contribution < 1.29 is 8.81 Å². The largest absolute Gasteiger partial charge is 0.460 e. The fourth-order valence-corrected chi connectivity index (χ4v) is 1.45. The summed E-state index contributed by atoms with van der Waals surface area (Å²) in [7, 11) is 0. The summed E-state index contributed by atoms with van der Waals surface area (Å²) < 4.78 is 18.6. The molecule has 80 valence electrons. The van der Waals surface area contributed by atoms with Crippen molar-refractivity contribution in [2.24, 2.45) is 5.73 Å². The van der Waals surface area contributed by atoms with Gasteiger partial charge in [0.1, 0.15) is 17.2 Å². The standard InChI is InChI=1S/C12H14FNO/c1-12(2,7-14)11-6-8-5-9(13)3-4-10(8)15-11/h3-6H,7,14H2,1-2H3. The summed E-state index contributed by atoms with van der Waals surface area (Å²) in [5, 5.41) is 0.784. The molecular formula is C12H14FNO. The Hall–Kier alpha value is -1.35. The number of nitrogens with two attached hydrogens (primary N) is 1. The highest BCUT2D eigenvalue weighted by atomic mass is 19.1. The Balaban J connectivity index is 2.56. The lowest BCUT2D eigenvalue weighted by molar-refractivity contribution is 0.409. The Bertz CT molecular complexity index is 487. The number of hydrogen-bond donors (Lipinski definition) is 1. The molecule has 0 atom stereocenters. The third kappa shape index (κ3) is 1.75. The molecule has 0 fully saturated rings. The van der Waals surface area contributed by atoms with Crippen LogP contribution in [0.1, 0.15) is 19.6 Å². The van der Waals surface area contributed by atoms with Crippen molar-refractivity contribution in [2.45, 2.75) is 19.3 Å². The molecule has 2 rings (SSSR count). The predicted octanol–water partition coefficient (Wildman–Crippen LogP) is 2.81. The molecule has 2 N–H and O–H groups in total. The van der Waals surface area contributed by atoms with Gasteiger partial charge in [-0.2, -0.15) is 0 Å². The normalized spacial score (nSPS) is 12.3. The fourth-order valence-electron chi connectivity index (χ4n) is 1.45. The van der Waals surface area contributed by atoms with Gasteiger partial charge in [0.15, 0.2) is 0 Å². The molecule has 0 radical (unpaired) electrons. The molecule has 2 aromatic rings. The SMILES string of the molecule is CC(C)(CN)c1cc2cc(F)ccc2o1. The van der Waals surface area contributed by atoms with Crippen molar-refractivity contribution in [2.75, 3.05) is 6.54 Å². The van der Waals surface area contributed by atoms with E-state index in [2.05, 4.69) is 0 Å². The van der Waals surface area contributed by atoms with E-state index in [1.54, 1.807) is 6.07 Å². The van der Waals surface area contributed by atoms with E-state index in [0.29, 0.717) is 12.1 Å². The van der Waals surface area contributed by atoms with Gasteiger partial charge >= 0.3 is 0 Å². The Morgan fingerprint density at radius 1 is 1.33 bits per heavy atom. The molecule has 3 heteroatoms. The molecule has 0 saturated carbocycles. The highest BCUT2D eigenvalue weighted by Gasteiger charge is 2.23. The lowest BCUT2D eigenvalue weighted by Crippen LogP contribution is -2.27. The first-order valence-electron chi connectivity index (χ1n) is 4.92. The van der Waals surface area contributed by atoms with Crippen molar-refractivity contribution in [3.63, 3.8) is 0 Å². The molecule has 1 aromatic heterocycles. The Labute approximate surface area is 87.9 Å². The zero-order chi connectivity index (χ0) is 11.1. The minimum absolute atomic E-state index is 0.213. The maximum atomic E-state index is 13.0. The molecule has 1 heterocycles. The van der Waals surface area contributed by atoms with E-state index < -0.39 is 0 Å². The minimum atomic E-state index is -0.250. The molecule has 15 heavy (non-hydrogen) atoms. The van der Waals surface area contributed by atoms with Crippen molar-refractivity contribution in [1.82, 2.24) is 0 Å². The van der Waals surface area contributed by atoms with Crippen molar-refractivity contribution in [3.05, 3.63) is 35.8 Å². The van der Waals surface area contributed by atoms with E-state index in [0.717, 1.165) is 11.1 Å². The molecule has 0 bridgehead atoms. The number of rotatable bonds is 2. The summed E-state index contributed by atoms with van der Waals surface area (Å²) in [4.78, 5) is 0. The van der Waals surface area contributed by atoms with Gasteiger partial charge in [0, 0.05) is 17.3 Å². The number of benzene rings is 1. The zero-order valence-corrected chi connectivity index (χ0v) is 8.88. The van der Waals surface area contributed by atoms with E-state index in [9.17, 15) is 4.39 Å². The van der Waals surface area contributed by atoms with Crippen molar-refractivity contribution in [3.8, 4) is 0 Å². The van der Waals surface area contributed by atoms with E-state index in [-0.39, 0.29) is 11.2 Å². The molecule has 0 saturated heterocycles. The van der Waals surface area contributed by atoms with E-state index in [1.165, 1.54) is 12.1 Å². The quantitative estimate of drug-likeness (QED) is 0.822. The van der Waals surface area contributed by atoms with Gasteiger partial charge in [-0.1, -0.05) is 13.8 Å². The summed E-state index contributed by atoms with van der Waals surface area (Å²) in [5.41, 5.74) is 6.14. The van der Waals surface area contributed by atoms with Gasteiger partial charge in [-0.05, 0) is 24.3 Å². The van der Waals surface area contributed by atoms with Gasteiger partial charge in [-0.3, -0.25) is 0 Å². The second-order valence-corrected chi connectivity index (χ2v) is 4.38. The monoisotopic (exact) mass is 207 g/mol. The summed E-state index contributed by atoms with van der Waals surface area (Å²) in [6.07, 6.45) is 0. The number of halogens is 1. The van der Waals surface area contributed by atoms with Crippen LogP contribution in [0, 0.1) is 5.82 Å². The Morgan fingerprint density at radius 3 is 2.73 bits per heavy atom. The first-order valence-corrected chi connectivity index (χ1v) is 4.92. The maximum absolute atomic E-state index is 13.0. The number of furan rings is 1. The summed E-state index contributed by atoms with van der Waals surface area (Å²) >= 11 is 0. The smallest absolute Gasteiger partial charge is 0.134 e. The van der Waals surface area contributed by atoms with Gasteiger partial charge in [-0.25, -0.2) is 4.39 Å². The van der Waals surface area contributed by atoms with Crippen LogP contribution >= 0.6 is 0 Å². The highest BCUT2D eigenvalue weighted by Crippen LogP contribution is 2.28. The Kier molecular flexibility index (Phi) is 2.27. The fraction of sp³-hybridized carbons (Fsp3) is 0.333. The Morgan fingerprint density at radius 2 is 2.07 bits per heavy atom. The molecule has 2 nitrogen and oxygen atoms in total. The average molecular weight is 207 g/mol. The lowest BCUT2D eigenvalue weighted by atomic mass is 9.90. The third-order valence-corrected chi connectivity index (χ3v) is 2.66. The molecule has 0 aliphatic carbocycles. The zero-order valence-electron chi connectivity index (χ0n) is 8.88. The van der Waals surface area contributed by atoms with Crippen LogP contribution in [0.5, 0.6) is 0 Å². The van der Waals surface area contributed by atoms with E-state index in [4.69, 9.17) is 10.2 Å². The van der Waals surface area contributed by atoms with Crippen LogP contribution in [-0.2, 0) is 5.41 Å². The highest BCUT2D eigenvalue weighted by molar-refractivity contribution is 5.78. The molecule has 0 unspecified atom stereocenters. The van der Waals surface area contributed by atoms with Gasteiger partial charge in [0.2, 0.25) is 0 Å². The minimum Gasteiger partial charge on any atom is -0.460 e. The molecule has 0 amide bonds. The molecule has 0 aliphatic rings. The summed E-state index contributed by atoms with van der Waals surface area (Å²) in [6.45, 7) is 4.50. The van der Waals surface area contributed by atoms with Gasteiger partial charge in [0.05, 0.1) is 0 Å². The van der Waals surface area contributed by atoms with Crippen molar-refractivity contribution >= 4 is 11.0 Å². The van der Waals surface area contributed by atoms with Crippen LogP contribution in [0.3, 0.4) is 0 Å². The maximum Gasteiger partial charge on any atom is 0.134 e. The molecule has 0 aliphatic heterocycles. The van der Waals surface area contributed by atoms with Crippen LogP contribution in [0.4, 0.5) is 4.39 Å². The van der Waals surface area contributed by atoms with Crippen LogP contribution in [-0.4, -0.2) is 6.54 Å². The second-order valence-electron chi connectivity index (χ2n) is 4.38. The van der Waals surface area contributed by atoms with Crippen LogP contribution < -0.4 is 5.73 Å². The van der Waals surface area contributed by atoms with Crippen LogP contribution in [0.25, 0.3) is 11.0 Å². The predicted molar refractivity (Wildman–Crippen MR) is 58.3 cm³/mol. The summed E-state index contributed by atoms with van der Waals surface area (Å²) in [6, 6.07) is 6.35. The molecule has 0 spiro atoms. The average Bonchev–Trinajstić information content (AvgIpc) is 2.61. The third-order valence-electron chi connectivity index (χ3n) is 2.66. The number of fused-ring (bicyclic) bond motifs is 1. The van der Waals surface area contributed by atoms with Gasteiger partial charge in [0.25, 0.3) is 0 Å². The van der Waals surface area contributed by atoms with E-state index in [1.807, 2.05) is 19.9 Å². The van der Waals surface area contributed by atoms with Gasteiger partial charge < -0.3 is 10.2 Å². The topological polar surface area (TPSA) is 39.2 Å². The van der Waals surface area contributed by atoms with Crippen molar-refractivity contribution in [1.29, 1.82) is 0 Å². The second kappa shape index (κ2) is 3.35. The number of hydrogen-bond acceptors (Lipinski definition) is 2. The van der Waals surface area contributed by atoms with Crippen LogP contribution in [0.2, 0.25) is 0 Å². The van der Waals surface area contributed by atoms with E-state index >= 15 is 0 Å². The van der Waals surface area contributed by atoms with Crippen LogP contribution in [0.15, 0.2) is 28.7 Å². The first-order chi connectivity index (χ1) is 7.03. The molecule has 1 aromatic carbocycles. The summed E-state index contributed by atoms with van der Waals surface area (Å²) in [5.74, 6) is 0.547. The first kappa shape index (κ1) is 10.2.